The molecule has 5 atom stereocenters. The van der Waals surface area contributed by atoms with Crippen molar-refractivity contribution in [3.63, 3.8) is 0 Å². The van der Waals surface area contributed by atoms with Gasteiger partial charge in [-0.2, -0.15) is 0 Å². The predicted octanol–water partition coefficient (Wildman–Crippen LogP) is 2.49. The highest BCUT2D eigenvalue weighted by molar-refractivity contribution is 5.81. The van der Waals surface area contributed by atoms with E-state index in [4.69, 9.17) is 4.74 Å². The van der Waals surface area contributed by atoms with Crippen molar-refractivity contribution in [1.82, 2.24) is 4.90 Å². The van der Waals surface area contributed by atoms with Gasteiger partial charge in [0.1, 0.15) is 6.10 Å². The first-order valence-electron chi connectivity index (χ1n) is 8.81. The Hall–Kier alpha value is -0.610. The number of aliphatic hydroxyl groups is 1. The number of hydrogen-bond donors (Lipinski definition) is 1. The van der Waals surface area contributed by atoms with Crippen LogP contribution in [0.5, 0.6) is 0 Å². The Morgan fingerprint density at radius 2 is 1.81 bits per heavy atom. The number of likely N-dealkylation sites (tertiary alicyclic amines) is 1. The van der Waals surface area contributed by atoms with E-state index in [1.54, 1.807) is 0 Å². The lowest BCUT2D eigenvalue weighted by Gasteiger charge is -2.44. The molecule has 4 nitrogen and oxygen atoms in total. The Morgan fingerprint density at radius 3 is 2.52 bits per heavy atom. The Morgan fingerprint density at radius 1 is 1.05 bits per heavy atom. The van der Waals surface area contributed by atoms with E-state index >= 15 is 0 Å². The summed E-state index contributed by atoms with van der Waals surface area (Å²) >= 11 is 0. The molecule has 1 N–H and O–H groups in total. The maximum absolute atomic E-state index is 12.8. The third-order valence-electron chi connectivity index (χ3n) is 5.62. The third kappa shape index (κ3) is 3.26. The average Bonchev–Trinajstić information content (AvgIpc) is 2.94. The van der Waals surface area contributed by atoms with Gasteiger partial charge in [0.15, 0.2) is 0 Å². The maximum Gasteiger partial charge on any atom is 0.251 e. The number of rotatable bonds is 2. The van der Waals surface area contributed by atoms with Gasteiger partial charge in [0.2, 0.25) is 0 Å². The molecule has 21 heavy (non-hydrogen) atoms. The van der Waals surface area contributed by atoms with Gasteiger partial charge in [0, 0.05) is 18.5 Å². The van der Waals surface area contributed by atoms with Gasteiger partial charge in [-0.15, -0.1) is 0 Å². The minimum absolute atomic E-state index is 0.182. The number of aliphatic hydroxyl groups excluding tert-OH is 1. The van der Waals surface area contributed by atoms with E-state index in [-0.39, 0.29) is 36.2 Å². The lowest BCUT2D eigenvalue weighted by molar-refractivity contribution is -0.149. The second kappa shape index (κ2) is 6.66. The highest BCUT2D eigenvalue weighted by Crippen LogP contribution is 2.35. The summed E-state index contributed by atoms with van der Waals surface area (Å²) in [5.41, 5.74) is 0. The quantitative estimate of drug-likeness (QED) is 0.851. The number of piperidine rings is 1. The molecule has 3 fully saturated rings. The highest BCUT2D eigenvalue weighted by Gasteiger charge is 2.40. The summed E-state index contributed by atoms with van der Waals surface area (Å²) in [5, 5.41) is 10.4. The Labute approximate surface area is 127 Å². The molecule has 2 heterocycles. The number of ether oxygens (including phenoxy) is 1. The normalized spacial score (nSPS) is 41.2. The van der Waals surface area contributed by atoms with Crippen molar-refractivity contribution in [2.45, 2.75) is 89.1 Å². The van der Waals surface area contributed by atoms with Crippen molar-refractivity contribution in [2.24, 2.45) is 5.92 Å². The first-order valence-corrected chi connectivity index (χ1v) is 8.81. The average molecular weight is 295 g/mol. The molecule has 0 aromatic heterocycles. The number of carbonyl (C=O) groups excluding carboxylic acids is 1. The van der Waals surface area contributed by atoms with Crippen LogP contribution < -0.4 is 0 Å². The van der Waals surface area contributed by atoms with Crippen LogP contribution in [-0.4, -0.2) is 46.8 Å². The minimum Gasteiger partial charge on any atom is -0.393 e. The molecule has 0 aromatic carbocycles. The Bertz CT molecular complexity index is 373. The molecule has 120 valence electrons. The molecule has 2 saturated heterocycles. The number of hydrogen-bond acceptors (Lipinski definition) is 3. The summed E-state index contributed by atoms with van der Waals surface area (Å²) in [7, 11) is 0. The van der Waals surface area contributed by atoms with Crippen molar-refractivity contribution < 1.29 is 14.6 Å². The van der Waals surface area contributed by atoms with E-state index in [1.807, 2.05) is 6.92 Å². The van der Waals surface area contributed by atoms with Crippen LogP contribution in [0.2, 0.25) is 0 Å². The summed E-state index contributed by atoms with van der Waals surface area (Å²) in [4.78, 5) is 14.9. The first kappa shape index (κ1) is 15.3. The number of nitrogens with zero attached hydrogens (tertiary/aromatic N) is 1. The van der Waals surface area contributed by atoms with Crippen molar-refractivity contribution in [3.8, 4) is 0 Å². The lowest BCUT2D eigenvalue weighted by Crippen LogP contribution is -2.53. The second-order valence-corrected chi connectivity index (χ2v) is 7.12. The number of carbonyl (C=O) groups is 1. The Kier molecular flexibility index (Phi) is 4.85. The van der Waals surface area contributed by atoms with Gasteiger partial charge >= 0.3 is 0 Å². The molecule has 0 bridgehead atoms. The molecule has 1 saturated carbocycles. The van der Waals surface area contributed by atoms with Crippen LogP contribution in [0.4, 0.5) is 0 Å². The summed E-state index contributed by atoms with van der Waals surface area (Å²) in [6.07, 6.45) is 9.21. The Balaban J connectivity index is 1.70. The van der Waals surface area contributed by atoms with Gasteiger partial charge in [-0.1, -0.05) is 12.8 Å². The van der Waals surface area contributed by atoms with Gasteiger partial charge in [0.05, 0.1) is 12.2 Å². The van der Waals surface area contributed by atoms with Gasteiger partial charge in [-0.05, 0) is 51.9 Å². The lowest BCUT2D eigenvalue weighted by atomic mass is 9.78. The molecule has 4 heteroatoms. The molecule has 2 aliphatic heterocycles. The van der Waals surface area contributed by atoms with E-state index < -0.39 is 0 Å². The van der Waals surface area contributed by atoms with Crippen LogP contribution in [0.25, 0.3) is 0 Å². The molecule has 0 spiro atoms. The monoisotopic (exact) mass is 295 g/mol. The van der Waals surface area contributed by atoms with Crippen molar-refractivity contribution in [3.05, 3.63) is 0 Å². The molecule has 3 rings (SSSR count). The fourth-order valence-electron chi connectivity index (χ4n) is 4.43. The largest absolute Gasteiger partial charge is 0.393 e. The van der Waals surface area contributed by atoms with E-state index in [9.17, 15) is 9.90 Å². The molecule has 0 aromatic rings. The van der Waals surface area contributed by atoms with Crippen LogP contribution in [0.3, 0.4) is 0 Å². The zero-order chi connectivity index (χ0) is 14.8. The molecular formula is C17H29NO3. The summed E-state index contributed by atoms with van der Waals surface area (Å²) in [6.45, 7) is 2.90. The van der Waals surface area contributed by atoms with Gasteiger partial charge in [0.25, 0.3) is 5.91 Å². The van der Waals surface area contributed by atoms with E-state index in [2.05, 4.69) is 4.90 Å². The van der Waals surface area contributed by atoms with Crippen molar-refractivity contribution in [1.29, 1.82) is 0 Å². The van der Waals surface area contributed by atoms with Gasteiger partial charge < -0.3 is 14.7 Å². The van der Waals surface area contributed by atoms with Crippen LogP contribution in [-0.2, 0) is 9.53 Å². The van der Waals surface area contributed by atoms with E-state index in [0.29, 0.717) is 0 Å². The standard InChI is InChI=1S/C17H29NO3/c1-12-9-10-16(21-12)17(20)18-11-5-4-7-14(18)13-6-2-3-8-15(13)19/h12-16,19H,2-11H2,1H3. The highest BCUT2D eigenvalue weighted by atomic mass is 16.5. The number of amides is 1. The van der Waals surface area contributed by atoms with Gasteiger partial charge in [-0.3, -0.25) is 4.79 Å². The molecule has 1 amide bonds. The predicted molar refractivity (Wildman–Crippen MR) is 80.9 cm³/mol. The zero-order valence-corrected chi connectivity index (χ0v) is 13.2. The van der Waals surface area contributed by atoms with E-state index in [0.717, 1.165) is 51.5 Å². The smallest absolute Gasteiger partial charge is 0.251 e. The summed E-state index contributed by atoms with van der Waals surface area (Å²) in [5.74, 6) is 0.462. The van der Waals surface area contributed by atoms with Crippen molar-refractivity contribution >= 4 is 5.91 Å². The summed E-state index contributed by atoms with van der Waals surface area (Å²) in [6, 6.07) is 0.237. The topological polar surface area (TPSA) is 49.8 Å². The molecule has 5 unspecified atom stereocenters. The molecule has 0 radical (unpaired) electrons. The maximum atomic E-state index is 12.8. The second-order valence-electron chi connectivity index (χ2n) is 7.12. The van der Waals surface area contributed by atoms with E-state index in [1.165, 1.54) is 12.8 Å². The van der Waals surface area contributed by atoms with Gasteiger partial charge in [-0.25, -0.2) is 0 Å². The van der Waals surface area contributed by atoms with Crippen LogP contribution in [0.15, 0.2) is 0 Å². The SMILES string of the molecule is CC1CCC(C(=O)N2CCCCC2C2CCCCC2O)O1. The summed E-state index contributed by atoms with van der Waals surface area (Å²) < 4.78 is 5.79. The molecular weight excluding hydrogens is 266 g/mol. The minimum atomic E-state index is -0.235. The third-order valence-corrected chi connectivity index (χ3v) is 5.62. The fraction of sp³-hybridized carbons (Fsp3) is 0.941. The van der Waals surface area contributed by atoms with Crippen LogP contribution >= 0.6 is 0 Å². The zero-order valence-electron chi connectivity index (χ0n) is 13.2. The fourth-order valence-corrected chi connectivity index (χ4v) is 4.43. The molecule has 1 aliphatic carbocycles. The molecule has 3 aliphatic rings. The van der Waals surface area contributed by atoms with Crippen LogP contribution in [0.1, 0.15) is 64.7 Å². The van der Waals surface area contributed by atoms with Crippen LogP contribution in [0, 0.1) is 5.92 Å². The first-order chi connectivity index (χ1) is 10.2. The van der Waals surface area contributed by atoms with Crippen molar-refractivity contribution in [2.75, 3.05) is 6.54 Å².